The fraction of sp³-hybridized carbons (Fsp3) is 0.750. The van der Waals surface area contributed by atoms with Crippen molar-refractivity contribution >= 4 is 23.7 Å². The van der Waals surface area contributed by atoms with Crippen LogP contribution in [0.2, 0.25) is 0 Å². The lowest BCUT2D eigenvalue weighted by molar-refractivity contribution is -0.152. The Balaban J connectivity index is 1.69. The van der Waals surface area contributed by atoms with Crippen molar-refractivity contribution < 1.29 is 19.1 Å². The van der Waals surface area contributed by atoms with Crippen molar-refractivity contribution in [1.82, 2.24) is 0 Å². The summed E-state index contributed by atoms with van der Waals surface area (Å²) < 4.78 is 10.7. The fourth-order valence-corrected chi connectivity index (χ4v) is 3.09. The maximum absolute atomic E-state index is 11.9. The minimum atomic E-state index is -0.463. The van der Waals surface area contributed by atoms with E-state index in [-0.39, 0.29) is 30.2 Å². The van der Waals surface area contributed by atoms with Gasteiger partial charge in [-0.05, 0) is 25.7 Å². The first kappa shape index (κ1) is 16.4. The summed E-state index contributed by atoms with van der Waals surface area (Å²) in [5.74, 6) is 0.859. The van der Waals surface area contributed by atoms with E-state index in [1.807, 2.05) is 0 Å². The van der Waals surface area contributed by atoms with Crippen molar-refractivity contribution in [3.05, 3.63) is 12.2 Å². The van der Waals surface area contributed by atoms with Crippen molar-refractivity contribution in [2.24, 2.45) is 0 Å². The third kappa shape index (κ3) is 5.73. The second kappa shape index (κ2) is 8.47. The Labute approximate surface area is 130 Å². The zero-order valence-corrected chi connectivity index (χ0v) is 13.3. The molecule has 1 heterocycles. The van der Waals surface area contributed by atoms with E-state index in [0.29, 0.717) is 0 Å². The minimum Gasteiger partial charge on any atom is -0.462 e. The van der Waals surface area contributed by atoms with Gasteiger partial charge in [-0.25, -0.2) is 4.79 Å². The molecule has 0 spiro atoms. The van der Waals surface area contributed by atoms with Gasteiger partial charge in [-0.15, -0.1) is 0 Å². The van der Waals surface area contributed by atoms with Gasteiger partial charge >= 0.3 is 11.9 Å². The van der Waals surface area contributed by atoms with Crippen LogP contribution >= 0.6 is 11.8 Å². The lowest BCUT2D eigenvalue weighted by Crippen LogP contribution is -2.31. The molecule has 0 aromatic carbocycles. The quantitative estimate of drug-likeness (QED) is 0.576. The Hall–Kier alpha value is -0.970. The predicted octanol–water partition coefficient (Wildman–Crippen LogP) is 3.25. The predicted molar refractivity (Wildman–Crippen MR) is 83.2 cm³/mol. The van der Waals surface area contributed by atoms with E-state index in [1.165, 1.54) is 19.3 Å². The summed E-state index contributed by atoms with van der Waals surface area (Å²) in [6, 6.07) is 0. The van der Waals surface area contributed by atoms with Gasteiger partial charge < -0.3 is 9.47 Å². The van der Waals surface area contributed by atoms with Crippen LogP contribution in [-0.2, 0) is 19.1 Å². The fourth-order valence-electron chi connectivity index (χ4n) is 2.53. The van der Waals surface area contributed by atoms with Crippen LogP contribution < -0.4 is 0 Å². The normalized spacial score (nSPS) is 20.8. The minimum absolute atomic E-state index is 0.00431. The molecule has 2 fully saturated rings. The van der Waals surface area contributed by atoms with E-state index in [2.05, 4.69) is 6.58 Å². The van der Waals surface area contributed by atoms with Crippen LogP contribution in [-0.4, -0.2) is 35.7 Å². The maximum Gasteiger partial charge on any atom is 0.334 e. The van der Waals surface area contributed by atoms with Gasteiger partial charge in [0.2, 0.25) is 0 Å². The zero-order chi connectivity index (χ0) is 15.1. The number of carbonyl (C=O) groups is 2. The number of hydrogen-bond acceptors (Lipinski definition) is 5. The first-order chi connectivity index (χ1) is 10.1. The van der Waals surface area contributed by atoms with Gasteiger partial charge in [-0.2, -0.15) is 11.8 Å². The molecule has 0 aromatic heterocycles. The Morgan fingerprint density at radius 1 is 0.952 bits per heavy atom. The first-order valence-corrected chi connectivity index (χ1v) is 8.96. The molecule has 118 valence electrons. The van der Waals surface area contributed by atoms with Crippen LogP contribution in [0.1, 0.15) is 51.4 Å². The molecular weight excluding hydrogens is 288 g/mol. The number of rotatable bonds is 5. The average Bonchev–Trinajstić information content (AvgIpc) is 2.36. The molecule has 1 saturated carbocycles. The van der Waals surface area contributed by atoms with E-state index in [0.717, 1.165) is 37.2 Å². The van der Waals surface area contributed by atoms with E-state index in [4.69, 9.17) is 9.47 Å². The summed E-state index contributed by atoms with van der Waals surface area (Å²) in [5, 5.41) is 0. The summed E-state index contributed by atoms with van der Waals surface area (Å²) in [4.78, 5) is 23.6. The molecule has 4 nitrogen and oxygen atoms in total. The van der Waals surface area contributed by atoms with Crippen molar-refractivity contribution in [2.75, 3.05) is 11.5 Å². The Kier molecular flexibility index (Phi) is 6.61. The number of thioether (sulfide) groups is 1. The first-order valence-electron chi connectivity index (χ1n) is 7.81. The van der Waals surface area contributed by atoms with Crippen molar-refractivity contribution in [3.63, 3.8) is 0 Å². The molecule has 0 atom stereocenters. The van der Waals surface area contributed by atoms with Crippen LogP contribution in [0.25, 0.3) is 0 Å². The number of ether oxygens (including phenoxy) is 2. The highest BCUT2D eigenvalue weighted by atomic mass is 32.2. The lowest BCUT2D eigenvalue weighted by atomic mass is 9.98. The van der Waals surface area contributed by atoms with Crippen LogP contribution in [0.5, 0.6) is 0 Å². The monoisotopic (exact) mass is 312 g/mol. The van der Waals surface area contributed by atoms with Crippen LogP contribution in [0.4, 0.5) is 0 Å². The van der Waals surface area contributed by atoms with Crippen LogP contribution in [0, 0.1) is 0 Å². The molecule has 0 unspecified atom stereocenters. The van der Waals surface area contributed by atoms with Gasteiger partial charge in [0.15, 0.2) is 0 Å². The Bertz CT molecular complexity index is 382. The molecule has 5 heteroatoms. The highest BCUT2D eigenvalue weighted by Gasteiger charge is 2.25. The molecule has 0 N–H and O–H groups in total. The van der Waals surface area contributed by atoms with Crippen LogP contribution in [0.3, 0.4) is 0 Å². The molecule has 0 bridgehead atoms. The number of carbonyl (C=O) groups excluding carboxylic acids is 2. The highest BCUT2D eigenvalue weighted by Crippen LogP contribution is 2.23. The van der Waals surface area contributed by atoms with Gasteiger partial charge in [0, 0.05) is 17.1 Å². The smallest absolute Gasteiger partial charge is 0.334 e. The average molecular weight is 312 g/mol. The molecular formula is C16H24O4S. The van der Waals surface area contributed by atoms with E-state index in [1.54, 1.807) is 11.8 Å². The lowest BCUT2D eigenvalue weighted by Gasteiger charge is -2.25. The molecule has 1 saturated heterocycles. The van der Waals surface area contributed by atoms with E-state index >= 15 is 0 Å². The molecule has 2 rings (SSSR count). The molecule has 21 heavy (non-hydrogen) atoms. The molecule has 0 aromatic rings. The second-order valence-electron chi connectivity index (χ2n) is 5.80. The third-order valence-corrected chi connectivity index (χ3v) is 5.09. The van der Waals surface area contributed by atoms with Gasteiger partial charge in [0.05, 0.1) is 6.42 Å². The second-order valence-corrected chi connectivity index (χ2v) is 6.88. The number of hydrogen-bond donors (Lipinski definition) is 0. The molecule has 1 aliphatic heterocycles. The summed E-state index contributed by atoms with van der Waals surface area (Å²) >= 11 is 1.74. The highest BCUT2D eigenvalue weighted by molar-refractivity contribution is 8.00. The zero-order valence-electron chi connectivity index (χ0n) is 12.5. The number of esters is 2. The molecule has 0 amide bonds. The summed E-state index contributed by atoms with van der Waals surface area (Å²) in [6.45, 7) is 3.65. The van der Waals surface area contributed by atoms with Gasteiger partial charge in [0.25, 0.3) is 0 Å². The summed E-state index contributed by atoms with van der Waals surface area (Å²) in [6.07, 6.45) is 7.73. The van der Waals surface area contributed by atoms with Gasteiger partial charge in [-0.1, -0.05) is 25.8 Å². The molecule has 1 aliphatic carbocycles. The Morgan fingerprint density at radius 2 is 1.57 bits per heavy atom. The molecule has 2 aliphatic rings. The van der Waals surface area contributed by atoms with Gasteiger partial charge in [-0.3, -0.25) is 4.79 Å². The third-order valence-electron chi connectivity index (χ3n) is 3.88. The van der Waals surface area contributed by atoms with Crippen molar-refractivity contribution in [1.29, 1.82) is 0 Å². The van der Waals surface area contributed by atoms with E-state index in [9.17, 15) is 9.59 Å². The SMILES string of the molecule is C=C(CC(=O)OC1CCCCCCC1)C(=O)OC1CSC1. The largest absolute Gasteiger partial charge is 0.462 e. The van der Waals surface area contributed by atoms with Crippen LogP contribution in [0.15, 0.2) is 12.2 Å². The van der Waals surface area contributed by atoms with Crippen molar-refractivity contribution in [2.45, 2.75) is 63.6 Å². The summed E-state index contributed by atoms with van der Waals surface area (Å²) in [5.41, 5.74) is 0.197. The topological polar surface area (TPSA) is 52.6 Å². The standard InChI is InChI=1S/C16H24O4S/c1-12(16(18)20-14-10-21-11-14)9-15(17)19-13-7-5-3-2-4-6-8-13/h13-14H,1-11H2. The van der Waals surface area contributed by atoms with Gasteiger partial charge in [0.1, 0.15) is 12.2 Å². The summed E-state index contributed by atoms with van der Waals surface area (Å²) in [7, 11) is 0. The maximum atomic E-state index is 11.9. The van der Waals surface area contributed by atoms with E-state index < -0.39 is 5.97 Å². The molecule has 0 radical (unpaired) electrons. The Morgan fingerprint density at radius 3 is 2.14 bits per heavy atom. The van der Waals surface area contributed by atoms with Crippen molar-refractivity contribution in [3.8, 4) is 0 Å².